The summed E-state index contributed by atoms with van der Waals surface area (Å²) in [6.07, 6.45) is 1.24. The van der Waals surface area contributed by atoms with Gasteiger partial charge in [-0.3, -0.25) is 0 Å². The number of hydrogen-bond donors (Lipinski definition) is 1. The Balaban J connectivity index is 2.04. The highest BCUT2D eigenvalue weighted by atomic mass is 35.5. The molecule has 84 valence electrons. The molecular weight excluding hydrogens is 240 g/mol. The third-order valence-corrected chi connectivity index (χ3v) is 4.50. The molecule has 1 aliphatic heterocycles. The third kappa shape index (κ3) is 1.73. The topological polar surface area (TPSA) is 24.9 Å². The maximum atomic E-state index is 5.98. The molecule has 1 aromatic carbocycles. The highest BCUT2D eigenvalue weighted by Crippen LogP contribution is 2.34. The predicted octanol–water partition coefficient (Wildman–Crippen LogP) is 3.62. The first-order chi connectivity index (χ1) is 7.74. The van der Waals surface area contributed by atoms with E-state index in [2.05, 4.69) is 17.2 Å². The molecule has 2 unspecified atom stereocenters. The molecular formula is C12H13ClN2S. The van der Waals surface area contributed by atoms with Crippen LogP contribution in [0.15, 0.2) is 18.2 Å². The smallest absolute Gasteiger partial charge is 0.111 e. The Hall–Kier alpha value is -0.640. The summed E-state index contributed by atoms with van der Waals surface area (Å²) in [4.78, 5) is 4.68. The molecule has 0 aliphatic carbocycles. The van der Waals surface area contributed by atoms with Gasteiger partial charge in [0.15, 0.2) is 0 Å². The van der Waals surface area contributed by atoms with Crippen molar-refractivity contribution in [2.24, 2.45) is 5.92 Å². The van der Waals surface area contributed by atoms with E-state index in [-0.39, 0.29) is 0 Å². The lowest BCUT2D eigenvalue weighted by molar-refractivity contribution is 0.502. The maximum Gasteiger partial charge on any atom is 0.111 e. The van der Waals surface area contributed by atoms with Gasteiger partial charge in [-0.2, -0.15) is 0 Å². The van der Waals surface area contributed by atoms with Crippen molar-refractivity contribution in [2.45, 2.75) is 19.4 Å². The third-order valence-electron chi connectivity index (χ3n) is 3.17. The molecule has 3 rings (SSSR count). The number of hydrogen-bond acceptors (Lipinski definition) is 3. The van der Waals surface area contributed by atoms with E-state index in [1.165, 1.54) is 16.1 Å². The summed E-state index contributed by atoms with van der Waals surface area (Å²) in [5.41, 5.74) is 1.06. The molecule has 16 heavy (non-hydrogen) atoms. The van der Waals surface area contributed by atoms with Gasteiger partial charge in [0.25, 0.3) is 0 Å². The van der Waals surface area contributed by atoms with Gasteiger partial charge in [0.2, 0.25) is 0 Å². The first-order valence-corrected chi connectivity index (χ1v) is 6.73. The van der Waals surface area contributed by atoms with Crippen molar-refractivity contribution in [3.63, 3.8) is 0 Å². The fraction of sp³-hybridized carbons (Fsp3) is 0.417. The number of fused-ring (bicyclic) bond motifs is 1. The molecule has 1 N–H and O–H groups in total. The van der Waals surface area contributed by atoms with Gasteiger partial charge in [-0.05, 0) is 37.1 Å². The van der Waals surface area contributed by atoms with Crippen LogP contribution in [0.1, 0.15) is 24.4 Å². The van der Waals surface area contributed by atoms with Gasteiger partial charge in [0, 0.05) is 5.02 Å². The van der Waals surface area contributed by atoms with Gasteiger partial charge in [-0.15, -0.1) is 11.3 Å². The summed E-state index contributed by atoms with van der Waals surface area (Å²) in [6.45, 7) is 3.38. The molecule has 0 radical (unpaired) electrons. The number of rotatable bonds is 1. The molecule has 1 fully saturated rings. The SMILES string of the molecule is CC1CCNC1c1nc2ccc(Cl)cc2s1. The van der Waals surface area contributed by atoms with Crippen LogP contribution in [0.3, 0.4) is 0 Å². The van der Waals surface area contributed by atoms with Crippen LogP contribution in [0, 0.1) is 5.92 Å². The van der Waals surface area contributed by atoms with E-state index in [4.69, 9.17) is 11.6 Å². The van der Waals surface area contributed by atoms with E-state index in [0.717, 1.165) is 17.1 Å². The summed E-state index contributed by atoms with van der Waals surface area (Å²) in [5.74, 6) is 0.677. The molecule has 1 aliphatic rings. The Kier molecular flexibility index (Phi) is 2.62. The second-order valence-electron chi connectivity index (χ2n) is 4.36. The van der Waals surface area contributed by atoms with Gasteiger partial charge >= 0.3 is 0 Å². The molecule has 2 heterocycles. The highest BCUT2D eigenvalue weighted by molar-refractivity contribution is 7.18. The van der Waals surface area contributed by atoms with Crippen molar-refractivity contribution in [1.82, 2.24) is 10.3 Å². The van der Waals surface area contributed by atoms with Crippen LogP contribution in [0.4, 0.5) is 0 Å². The van der Waals surface area contributed by atoms with Gasteiger partial charge < -0.3 is 5.32 Å². The zero-order valence-electron chi connectivity index (χ0n) is 9.03. The minimum absolute atomic E-state index is 0.427. The first-order valence-electron chi connectivity index (χ1n) is 5.53. The predicted molar refractivity (Wildman–Crippen MR) is 69.2 cm³/mol. The molecule has 1 saturated heterocycles. The monoisotopic (exact) mass is 252 g/mol. The Labute approximate surface area is 104 Å². The summed E-state index contributed by atoms with van der Waals surface area (Å²) >= 11 is 7.73. The van der Waals surface area contributed by atoms with Crippen LogP contribution >= 0.6 is 22.9 Å². The molecule has 2 atom stereocenters. The molecule has 4 heteroatoms. The van der Waals surface area contributed by atoms with Crippen LogP contribution in [-0.4, -0.2) is 11.5 Å². The average molecular weight is 253 g/mol. The number of aromatic nitrogens is 1. The summed E-state index contributed by atoms with van der Waals surface area (Å²) < 4.78 is 1.18. The molecule has 0 bridgehead atoms. The second kappa shape index (κ2) is 3.99. The Morgan fingerprint density at radius 1 is 1.50 bits per heavy atom. The van der Waals surface area contributed by atoms with Crippen molar-refractivity contribution >= 4 is 33.2 Å². The zero-order chi connectivity index (χ0) is 11.1. The van der Waals surface area contributed by atoms with Gasteiger partial charge in [0.05, 0.1) is 16.3 Å². The van der Waals surface area contributed by atoms with Crippen LogP contribution in [0.2, 0.25) is 5.02 Å². The largest absolute Gasteiger partial charge is 0.308 e. The van der Waals surface area contributed by atoms with Gasteiger partial charge in [0.1, 0.15) is 5.01 Å². The lowest BCUT2D eigenvalue weighted by Crippen LogP contribution is -2.15. The van der Waals surface area contributed by atoms with Crippen LogP contribution in [0.25, 0.3) is 10.2 Å². The molecule has 0 saturated carbocycles. The van der Waals surface area contributed by atoms with E-state index in [1.54, 1.807) is 11.3 Å². The quantitative estimate of drug-likeness (QED) is 0.839. The maximum absolute atomic E-state index is 5.98. The van der Waals surface area contributed by atoms with Crippen molar-refractivity contribution in [1.29, 1.82) is 0 Å². The number of thiazole rings is 1. The summed E-state index contributed by atoms with van der Waals surface area (Å²) in [5, 5.41) is 5.50. The molecule has 2 aromatic rings. The zero-order valence-corrected chi connectivity index (χ0v) is 10.6. The Bertz CT molecular complexity index is 523. The van der Waals surface area contributed by atoms with Gasteiger partial charge in [-0.25, -0.2) is 4.98 Å². The van der Waals surface area contributed by atoms with Crippen LogP contribution < -0.4 is 5.32 Å². The second-order valence-corrected chi connectivity index (χ2v) is 5.86. The minimum atomic E-state index is 0.427. The van der Waals surface area contributed by atoms with E-state index < -0.39 is 0 Å². The number of nitrogens with one attached hydrogen (secondary N) is 1. The fourth-order valence-electron chi connectivity index (χ4n) is 2.21. The van der Waals surface area contributed by atoms with Crippen LogP contribution in [0.5, 0.6) is 0 Å². The molecule has 0 amide bonds. The first kappa shape index (κ1) is 10.5. The normalized spacial score (nSPS) is 25.4. The van der Waals surface area contributed by atoms with Crippen LogP contribution in [-0.2, 0) is 0 Å². The number of halogens is 1. The summed E-state index contributed by atoms with van der Waals surface area (Å²) in [7, 11) is 0. The lowest BCUT2D eigenvalue weighted by Gasteiger charge is -2.11. The molecule has 1 aromatic heterocycles. The van der Waals surface area contributed by atoms with Gasteiger partial charge in [-0.1, -0.05) is 18.5 Å². The Morgan fingerprint density at radius 3 is 3.12 bits per heavy atom. The van der Waals surface area contributed by atoms with E-state index >= 15 is 0 Å². The number of benzene rings is 1. The van der Waals surface area contributed by atoms with E-state index in [0.29, 0.717) is 12.0 Å². The van der Waals surface area contributed by atoms with Crippen molar-refractivity contribution in [3.8, 4) is 0 Å². The average Bonchev–Trinajstić information content (AvgIpc) is 2.82. The number of nitrogens with zero attached hydrogens (tertiary/aromatic N) is 1. The lowest BCUT2D eigenvalue weighted by atomic mass is 10.0. The minimum Gasteiger partial charge on any atom is -0.308 e. The van der Waals surface area contributed by atoms with Crippen molar-refractivity contribution in [2.75, 3.05) is 6.54 Å². The summed E-state index contributed by atoms with van der Waals surface area (Å²) in [6, 6.07) is 6.32. The standard InChI is InChI=1S/C12H13ClN2S/c1-7-4-5-14-11(7)12-15-9-3-2-8(13)6-10(9)16-12/h2-3,6-7,11,14H,4-5H2,1H3. The molecule has 2 nitrogen and oxygen atoms in total. The molecule has 0 spiro atoms. The fourth-order valence-corrected chi connectivity index (χ4v) is 3.67. The van der Waals surface area contributed by atoms with E-state index in [1.807, 2.05) is 18.2 Å². The van der Waals surface area contributed by atoms with Crippen molar-refractivity contribution < 1.29 is 0 Å². The Morgan fingerprint density at radius 2 is 2.38 bits per heavy atom. The highest BCUT2D eigenvalue weighted by Gasteiger charge is 2.26. The van der Waals surface area contributed by atoms with Crippen molar-refractivity contribution in [3.05, 3.63) is 28.2 Å². The van der Waals surface area contributed by atoms with E-state index in [9.17, 15) is 0 Å².